The highest BCUT2D eigenvalue weighted by Crippen LogP contribution is 2.22. The van der Waals surface area contributed by atoms with E-state index in [0.717, 1.165) is 17.7 Å². The molecule has 156 valence electrons. The summed E-state index contributed by atoms with van der Waals surface area (Å²) in [5.74, 6) is 1.19. The minimum Gasteiger partial charge on any atom is -0.497 e. The summed E-state index contributed by atoms with van der Waals surface area (Å²) in [6, 6.07) is 15.4. The number of carbonyl (C=O) groups is 1. The van der Waals surface area contributed by atoms with Crippen molar-refractivity contribution in [3.63, 3.8) is 0 Å². The monoisotopic (exact) mass is 423 g/mol. The van der Waals surface area contributed by atoms with Crippen LogP contribution in [0.25, 0.3) is 0 Å². The Morgan fingerprint density at radius 3 is 2.60 bits per heavy atom. The number of amides is 1. The van der Waals surface area contributed by atoms with Crippen molar-refractivity contribution in [1.82, 2.24) is 9.97 Å². The number of thioether (sulfide) groups is 1. The number of carbonyl (C=O) groups excluding carboxylic acids is 1. The van der Waals surface area contributed by atoms with Gasteiger partial charge in [0, 0.05) is 22.7 Å². The first-order chi connectivity index (χ1) is 14.5. The molecule has 1 aromatic heterocycles. The molecule has 0 bridgehead atoms. The number of hydrogen-bond acceptors (Lipinski definition) is 5. The predicted molar refractivity (Wildman–Crippen MR) is 120 cm³/mol. The van der Waals surface area contributed by atoms with Gasteiger partial charge in [-0.1, -0.05) is 43.0 Å². The number of rotatable bonds is 8. The van der Waals surface area contributed by atoms with E-state index in [9.17, 15) is 9.59 Å². The zero-order valence-electron chi connectivity index (χ0n) is 17.3. The van der Waals surface area contributed by atoms with E-state index in [-0.39, 0.29) is 17.9 Å². The van der Waals surface area contributed by atoms with Crippen molar-refractivity contribution >= 4 is 23.4 Å². The number of anilines is 1. The number of benzene rings is 2. The normalized spacial score (nSPS) is 10.6. The average Bonchev–Trinajstić information content (AvgIpc) is 2.75. The van der Waals surface area contributed by atoms with Crippen LogP contribution in [0.1, 0.15) is 29.3 Å². The first-order valence-corrected chi connectivity index (χ1v) is 10.7. The molecule has 0 radical (unpaired) electrons. The zero-order valence-corrected chi connectivity index (χ0v) is 18.1. The molecule has 0 fully saturated rings. The molecular weight excluding hydrogens is 398 g/mol. The minimum atomic E-state index is -0.285. The van der Waals surface area contributed by atoms with Crippen molar-refractivity contribution in [2.45, 2.75) is 37.6 Å². The lowest BCUT2D eigenvalue weighted by atomic mass is 10.1. The number of aromatic nitrogens is 2. The van der Waals surface area contributed by atoms with E-state index in [0.29, 0.717) is 27.9 Å². The number of aromatic amines is 1. The fraction of sp³-hybridized carbons (Fsp3) is 0.261. The third-order valence-corrected chi connectivity index (χ3v) is 5.64. The second-order valence-electron chi connectivity index (χ2n) is 6.85. The molecule has 0 aliphatic carbocycles. The fourth-order valence-corrected chi connectivity index (χ4v) is 3.81. The van der Waals surface area contributed by atoms with Gasteiger partial charge in [0.1, 0.15) is 5.75 Å². The summed E-state index contributed by atoms with van der Waals surface area (Å²) in [5, 5.41) is 3.36. The third kappa shape index (κ3) is 5.73. The Balaban J connectivity index is 1.64. The fourth-order valence-electron chi connectivity index (χ4n) is 2.96. The highest BCUT2D eigenvalue weighted by Gasteiger charge is 2.13. The Morgan fingerprint density at radius 1 is 1.17 bits per heavy atom. The summed E-state index contributed by atoms with van der Waals surface area (Å²) in [4.78, 5) is 32.2. The second kappa shape index (κ2) is 10.1. The van der Waals surface area contributed by atoms with Crippen molar-refractivity contribution in [1.29, 1.82) is 0 Å². The summed E-state index contributed by atoms with van der Waals surface area (Å²) in [5.41, 5.74) is 3.63. The molecule has 0 aliphatic heterocycles. The van der Waals surface area contributed by atoms with Crippen LogP contribution in [0.15, 0.2) is 58.5 Å². The number of H-pyrrole nitrogens is 1. The first-order valence-electron chi connectivity index (χ1n) is 9.72. The van der Waals surface area contributed by atoms with Crippen LogP contribution in [-0.4, -0.2) is 23.0 Å². The third-order valence-electron chi connectivity index (χ3n) is 4.69. The van der Waals surface area contributed by atoms with Gasteiger partial charge in [-0.2, -0.15) is 0 Å². The Hall–Kier alpha value is -3.06. The van der Waals surface area contributed by atoms with Crippen LogP contribution < -0.4 is 15.6 Å². The zero-order chi connectivity index (χ0) is 21.5. The highest BCUT2D eigenvalue weighted by molar-refractivity contribution is 7.98. The maximum absolute atomic E-state index is 12.5. The summed E-state index contributed by atoms with van der Waals surface area (Å²) in [6.07, 6.45) is 0.918. The van der Waals surface area contributed by atoms with E-state index in [2.05, 4.69) is 22.2 Å². The van der Waals surface area contributed by atoms with E-state index < -0.39 is 0 Å². The van der Waals surface area contributed by atoms with Gasteiger partial charge in [-0.3, -0.25) is 9.59 Å². The van der Waals surface area contributed by atoms with Gasteiger partial charge < -0.3 is 15.0 Å². The molecule has 0 atom stereocenters. The molecule has 30 heavy (non-hydrogen) atoms. The van der Waals surface area contributed by atoms with Crippen molar-refractivity contribution in [3.8, 4) is 5.75 Å². The average molecular weight is 424 g/mol. The first kappa shape index (κ1) is 21.6. The smallest absolute Gasteiger partial charge is 0.255 e. The number of methoxy groups -OCH3 is 1. The molecule has 3 rings (SSSR count). The van der Waals surface area contributed by atoms with Crippen LogP contribution in [0.4, 0.5) is 5.69 Å². The summed E-state index contributed by atoms with van der Waals surface area (Å²) in [6.45, 7) is 3.83. The molecule has 0 spiro atoms. The topological polar surface area (TPSA) is 84.1 Å². The standard InChI is InChI=1S/C23H25N3O3S/c1-4-16-8-10-18(11-9-16)25-21(27)13-20-15(2)24-23(26-22(20)28)30-14-17-6-5-7-19(12-17)29-3/h5-12H,4,13-14H2,1-3H3,(H,25,27)(H,24,26,28). The molecule has 0 unspecified atom stereocenters. The Kier molecular flexibility index (Phi) is 7.30. The SMILES string of the molecule is CCc1ccc(NC(=O)Cc2c(C)nc(SCc3cccc(OC)c3)[nH]c2=O)cc1. The van der Waals surface area contributed by atoms with Crippen LogP contribution in [0.3, 0.4) is 0 Å². The van der Waals surface area contributed by atoms with Crippen LogP contribution in [0.2, 0.25) is 0 Å². The van der Waals surface area contributed by atoms with Gasteiger partial charge in [-0.05, 0) is 48.7 Å². The van der Waals surface area contributed by atoms with Crippen LogP contribution in [0.5, 0.6) is 5.75 Å². The van der Waals surface area contributed by atoms with E-state index in [1.165, 1.54) is 17.3 Å². The number of ether oxygens (including phenoxy) is 1. The molecule has 3 aromatic rings. The largest absolute Gasteiger partial charge is 0.497 e. The van der Waals surface area contributed by atoms with E-state index >= 15 is 0 Å². The predicted octanol–water partition coefficient (Wildman–Crippen LogP) is 4.12. The number of nitrogens with zero attached hydrogens (tertiary/aromatic N) is 1. The quantitative estimate of drug-likeness (QED) is 0.421. The molecule has 0 aliphatic rings. The van der Waals surface area contributed by atoms with Crippen molar-refractivity contribution in [2.75, 3.05) is 12.4 Å². The molecule has 1 amide bonds. The van der Waals surface area contributed by atoms with Gasteiger partial charge in [0.15, 0.2) is 5.16 Å². The molecule has 1 heterocycles. The van der Waals surface area contributed by atoms with Gasteiger partial charge in [0.25, 0.3) is 5.56 Å². The maximum atomic E-state index is 12.5. The summed E-state index contributed by atoms with van der Waals surface area (Å²) < 4.78 is 5.23. The molecule has 6 nitrogen and oxygen atoms in total. The molecule has 0 saturated heterocycles. The lowest BCUT2D eigenvalue weighted by molar-refractivity contribution is -0.115. The second-order valence-corrected chi connectivity index (χ2v) is 7.81. The minimum absolute atomic E-state index is 0.0233. The highest BCUT2D eigenvalue weighted by atomic mass is 32.2. The van der Waals surface area contributed by atoms with Gasteiger partial charge in [-0.15, -0.1) is 0 Å². The number of aryl methyl sites for hydroxylation is 2. The lowest BCUT2D eigenvalue weighted by Gasteiger charge is -2.09. The van der Waals surface area contributed by atoms with Crippen LogP contribution >= 0.6 is 11.8 Å². The van der Waals surface area contributed by atoms with E-state index in [1.54, 1.807) is 14.0 Å². The van der Waals surface area contributed by atoms with E-state index in [4.69, 9.17) is 4.74 Å². The van der Waals surface area contributed by atoms with Gasteiger partial charge in [0.2, 0.25) is 5.91 Å². The van der Waals surface area contributed by atoms with E-state index in [1.807, 2.05) is 48.5 Å². The lowest BCUT2D eigenvalue weighted by Crippen LogP contribution is -2.23. The molecule has 7 heteroatoms. The van der Waals surface area contributed by atoms with Crippen LogP contribution in [0, 0.1) is 6.92 Å². The van der Waals surface area contributed by atoms with Gasteiger partial charge in [-0.25, -0.2) is 4.98 Å². The number of hydrogen-bond donors (Lipinski definition) is 2. The van der Waals surface area contributed by atoms with Crippen molar-refractivity contribution in [2.24, 2.45) is 0 Å². The number of nitrogens with one attached hydrogen (secondary N) is 2. The molecular formula is C23H25N3O3S. The van der Waals surface area contributed by atoms with Crippen molar-refractivity contribution in [3.05, 3.63) is 81.3 Å². The molecule has 0 saturated carbocycles. The maximum Gasteiger partial charge on any atom is 0.255 e. The van der Waals surface area contributed by atoms with Gasteiger partial charge in [0.05, 0.1) is 13.5 Å². The molecule has 2 N–H and O–H groups in total. The Labute approximate surface area is 180 Å². The van der Waals surface area contributed by atoms with Crippen molar-refractivity contribution < 1.29 is 9.53 Å². The summed E-state index contributed by atoms with van der Waals surface area (Å²) in [7, 11) is 1.63. The van der Waals surface area contributed by atoms with Gasteiger partial charge >= 0.3 is 0 Å². The molecule has 2 aromatic carbocycles. The van der Waals surface area contributed by atoms with Crippen LogP contribution in [-0.2, 0) is 23.4 Å². The Morgan fingerprint density at radius 2 is 1.93 bits per heavy atom. The Bertz CT molecular complexity index is 1080. The summed E-state index contributed by atoms with van der Waals surface area (Å²) >= 11 is 1.43.